The molecule has 0 aromatic carbocycles. The molecule has 0 amide bonds. The summed E-state index contributed by atoms with van der Waals surface area (Å²) in [5, 5.41) is 0. The topological polar surface area (TPSA) is 57.0 Å². The van der Waals surface area contributed by atoms with Crippen molar-refractivity contribution in [3.8, 4) is 0 Å². The molecule has 0 spiro atoms. The van der Waals surface area contributed by atoms with E-state index in [2.05, 4.69) is 4.90 Å². The molecule has 2 aliphatic rings. The monoisotopic (exact) mass is 327 g/mol. The zero-order chi connectivity index (χ0) is 15.7. The maximum absolute atomic E-state index is 13.1. The van der Waals surface area contributed by atoms with Crippen LogP contribution in [0.1, 0.15) is 37.5 Å². The number of piperidine rings is 1. The van der Waals surface area contributed by atoms with Crippen molar-refractivity contribution < 1.29 is 12.8 Å². The molecule has 1 aromatic rings. The lowest BCUT2D eigenvalue weighted by atomic mass is 10.1. The first-order valence-electron chi connectivity index (χ1n) is 7.97. The van der Waals surface area contributed by atoms with Gasteiger partial charge in [-0.25, -0.2) is 0 Å². The smallest absolute Gasteiger partial charge is 0.282 e. The van der Waals surface area contributed by atoms with Gasteiger partial charge in [0.1, 0.15) is 5.76 Å². The molecule has 1 aromatic heterocycles. The van der Waals surface area contributed by atoms with Crippen molar-refractivity contribution >= 4 is 10.2 Å². The molecule has 7 heteroatoms. The summed E-state index contributed by atoms with van der Waals surface area (Å²) in [6.07, 6.45) is 5.30. The van der Waals surface area contributed by atoms with Gasteiger partial charge in [-0.1, -0.05) is 0 Å². The molecule has 0 aliphatic carbocycles. The molecule has 2 aliphatic heterocycles. The van der Waals surface area contributed by atoms with Gasteiger partial charge in [-0.05, 0) is 51.9 Å². The molecule has 2 saturated heterocycles. The van der Waals surface area contributed by atoms with Crippen molar-refractivity contribution in [2.45, 2.75) is 37.8 Å². The van der Waals surface area contributed by atoms with Crippen molar-refractivity contribution in [2.24, 2.45) is 0 Å². The van der Waals surface area contributed by atoms with Crippen LogP contribution in [0, 0.1) is 0 Å². The van der Waals surface area contributed by atoms with Crippen LogP contribution >= 0.6 is 0 Å². The third-order valence-electron chi connectivity index (χ3n) is 4.79. The van der Waals surface area contributed by atoms with Crippen LogP contribution in [-0.4, -0.2) is 61.7 Å². The Labute approximate surface area is 132 Å². The lowest BCUT2D eigenvalue weighted by Gasteiger charge is -2.38. The molecular formula is C15H25N3O3S. The summed E-state index contributed by atoms with van der Waals surface area (Å²) in [6, 6.07) is 3.84. The van der Waals surface area contributed by atoms with E-state index in [9.17, 15) is 8.42 Å². The Morgan fingerprint density at radius 1 is 1.23 bits per heavy atom. The molecule has 124 valence electrons. The summed E-state index contributed by atoms with van der Waals surface area (Å²) in [6.45, 7) is 1.78. The molecule has 2 fully saturated rings. The first-order chi connectivity index (χ1) is 10.5. The van der Waals surface area contributed by atoms with E-state index >= 15 is 0 Å². The van der Waals surface area contributed by atoms with Gasteiger partial charge in [0.2, 0.25) is 0 Å². The van der Waals surface area contributed by atoms with Gasteiger partial charge >= 0.3 is 0 Å². The second kappa shape index (κ2) is 6.31. The number of nitrogens with zero attached hydrogens (tertiary/aromatic N) is 3. The summed E-state index contributed by atoms with van der Waals surface area (Å²) in [4.78, 5) is 2.12. The van der Waals surface area contributed by atoms with Gasteiger partial charge in [-0.2, -0.15) is 17.0 Å². The zero-order valence-electron chi connectivity index (χ0n) is 13.3. The van der Waals surface area contributed by atoms with Gasteiger partial charge in [0, 0.05) is 25.7 Å². The summed E-state index contributed by atoms with van der Waals surface area (Å²) >= 11 is 0. The Bertz CT molecular complexity index is 585. The van der Waals surface area contributed by atoms with E-state index in [0.717, 1.165) is 31.4 Å². The minimum atomic E-state index is -3.42. The van der Waals surface area contributed by atoms with Gasteiger partial charge in [0.05, 0.1) is 12.3 Å². The highest BCUT2D eigenvalue weighted by Crippen LogP contribution is 2.36. The predicted molar refractivity (Wildman–Crippen MR) is 84.6 cm³/mol. The Morgan fingerprint density at radius 3 is 2.68 bits per heavy atom. The normalized spacial score (nSPS) is 28.5. The number of hydrogen-bond acceptors (Lipinski definition) is 4. The minimum Gasteiger partial charge on any atom is -0.468 e. The lowest BCUT2D eigenvalue weighted by molar-refractivity contribution is 0.180. The van der Waals surface area contributed by atoms with Gasteiger partial charge in [0.25, 0.3) is 10.2 Å². The first kappa shape index (κ1) is 16.0. The molecule has 0 saturated carbocycles. The molecule has 2 atom stereocenters. The second-order valence-corrected chi connectivity index (χ2v) is 8.29. The van der Waals surface area contributed by atoms with Gasteiger partial charge in [0.15, 0.2) is 0 Å². The molecule has 6 nitrogen and oxygen atoms in total. The standard InChI is InChI=1S/C15H25N3O3S/c1-16(2)13-6-3-9-17(12-13)22(19,20)18-10-4-7-14(18)15-8-5-11-21-15/h5,8,11,13-14H,3-4,6-7,9-10,12H2,1-2H3/t13-,14+/m1/s1. The Balaban J connectivity index is 1.80. The van der Waals surface area contributed by atoms with Crippen LogP contribution in [0.5, 0.6) is 0 Å². The molecule has 0 unspecified atom stereocenters. The molecular weight excluding hydrogens is 302 g/mol. The highest BCUT2D eigenvalue weighted by Gasteiger charge is 2.41. The van der Waals surface area contributed by atoms with E-state index in [1.54, 1.807) is 14.9 Å². The molecule has 22 heavy (non-hydrogen) atoms. The van der Waals surface area contributed by atoms with Crippen molar-refractivity contribution in [1.82, 2.24) is 13.5 Å². The lowest BCUT2D eigenvalue weighted by Crippen LogP contribution is -2.51. The van der Waals surface area contributed by atoms with Crippen molar-refractivity contribution in [3.05, 3.63) is 24.2 Å². The SMILES string of the molecule is CN(C)[C@@H]1CCCN(S(=O)(=O)N2CCC[C@H]2c2ccco2)C1. The van der Waals surface area contributed by atoms with E-state index in [-0.39, 0.29) is 6.04 Å². The van der Waals surface area contributed by atoms with Gasteiger partial charge in [-0.15, -0.1) is 0 Å². The van der Waals surface area contributed by atoms with Crippen molar-refractivity contribution in [2.75, 3.05) is 33.7 Å². The molecule has 3 heterocycles. The predicted octanol–water partition coefficient (Wildman–Crippen LogP) is 1.69. The summed E-state index contributed by atoms with van der Waals surface area (Å²) in [5.41, 5.74) is 0. The Hall–Kier alpha value is -0.890. The maximum Gasteiger partial charge on any atom is 0.282 e. The van der Waals surface area contributed by atoms with Crippen LogP contribution in [0.2, 0.25) is 0 Å². The molecule has 3 rings (SSSR count). The van der Waals surface area contributed by atoms with Crippen LogP contribution in [-0.2, 0) is 10.2 Å². The van der Waals surface area contributed by atoms with Crippen molar-refractivity contribution in [1.29, 1.82) is 0 Å². The molecule has 0 radical (unpaired) electrons. The number of rotatable bonds is 4. The van der Waals surface area contributed by atoms with Crippen LogP contribution in [0.25, 0.3) is 0 Å². The third-order valence-corrected chi connectivity index (χ3v) is 6.80. The average molecular weight is 327 g/mol. The highest BCUT2D eigenvalue weighted by atomic mass is 32.2. The van der Waals surface area contributed by atoms with Gasteiger partial charge in [-0.3, -0.25) is 0 Å². The molecule has 0 bridgehead atoms. The van der Waals surface area contributed by atoms with Crippen LogP contribution in [0.15, 0.2) is 22.8 Å². The summed E-state index contributed by atoms with van der Waals surface area (Å²) in [7, 11) is 0.609. The second-order valence-electron chi connectivity index (χ2n) is 6.41. The Kier molecular flexibility index (Phi) is 4.59. The quantitative estimate of drug-likeness (QED) is 0.844. The fraction of sp³-hybridized carbons (Fsp3) is 0.733. The average Bonchev–Trinajstić information content (AvgIpc) is 3.18. The third kappa shape index (κ3) is 2.95. The van der Waals surface area contributed by atoms with E-state index in [1.165, 1.54) is 0 Å². The number of furan rings is 1. The zero-order valence-corrected chi connectivity index (χ0v) is 14.1. The van der Waals surface area contributed by atoms with Crippen LogP contribution in [0.4, 0.5) is 0 Å². The minimum absolute atomic E-state index is 0.153. The van der Waals surface area contributed by atoms with E-state index in [1.807, 2.05) is 26.2 Å². The van der Waals surface area contributed by atoms with E-state index in [0.29, 0.717) is 25.7 Å². The fourth-order valence-electron chi connectivity index (χ4n) is 3.48. The first-order valence-corrected chi connectivity index (χ1v) is 9.36. The summed E-state index contributed by atoms with van der Waals surface area (Å²) < 4.78 is 34.8. The largest absolute Gasteiger partial charge is 0.468 e. The highest BCUT2D eigenvalue weighted by molar-refractivity contribution is 7.86. The van der Waals surface area contributed by atoms with E-state index < -0.39 is 10.2 Å². The fourth-order valence-corrected chi connectivity index (χ4v) is 5.39. The van der Waals surface area contributed by atoms with E-state index in [4.69, 9.17) is 4.42 Å². The van der Waals surface area contributed by atoms with Gasteiger partial charge < -0.3 is 9.32 Å². The summed E-state index contributed by atoms with van der Waals surface area (Å²) in [5.74, 6) is 0.752. The maximum atomic E-state index is 13.1. The molecule has 0 N–H and O–H groups in total. The number of likely N-dealkylation sites (N-methyl/N-ethyl adjacent to an activating group) is 1. The Morgan fingerprint density at radius 2 is 2.00 bits per heavy atom. The van der Waals surface area contributed by atoms with Crippen LogP contribution in [0.3, 0.4) is 0 Å². The van der Waals surface area contributed by atoms with Crippen LogP contribution < -0.4 is 0 Å². The number of hydrogen-bond donors (Lipinski definition) is 0. The van der Waals surface area contributed by atoms with Crippen molar-refractivity contribution in [3.63, 3.8) is 0 Å².